The second-order valence-electron chi connectivity index (χ2n) is 6.41. The molecule has 4 rings (SSSR count). The molecular weight excluding hydrogens is 342 g/mol. The fourth-order valence-corrected chi connectivity index (χ4v) is 2.99. The van der Waals surface area contributed by atoms with Gasteiger partial charge < -0.3 is 0 Å². The Morgan fingerprint density at radius 1 is 0.643 bits per heavy atom. The van der Waals surface area contributed by atoms with E-state index in [0.29, 0.717) is 5.56 Å². The van der Waals surface area contributed by atoms with Crippen molar-refractivity contribution in [3.63, 3.8) is 0 Å². The van der Waals surface area contributed by atoms with Crippen LogP contribution < -0.4 is 0 Å². The minimum atomic E-state index is 0.652. The van der Waals surface area contributed by atoms with Gasteiger partial charge in [0, 0.05) is 11.6 Å². The summed E-state index contributed by atoms with van der Waals surface area (Å²) in [4.78, 5) is 0. The molecule has 0 bridgehead atoms. The van der Waals surface area contributed by atoms with Crippen LogP contribution in [0.5, 0.6) is 0 Å². The third-order valence-corrected chi connectivity index (χ3v) is 4.46. The van der Waals surface area contributed by atoms with E-state index in [0.717, 1.165) is 33.8 Å². The first-order valence-corrected chi connectivity index (χ1v) is 9.09. The Balaban J connectivity index is 1.75. The Bertz CT molecular complexity index is 1080. The van der Waals surface area contributed by atoms with Crippen molar-refractivity contribution in [3.05, 3.63) is 114 Å². The Kier molecular flexibility index (Phi) is 5.09. The van der Waals surface area contributed by atoms with Crippen LogP contribution in [0, 0.1) is 11.3 Å². The fraction of sp³-hybridized carbons (Fsp3) is 0. The van der Waals surface area contributed by atoms with E-state index in [9.17, 15) is 0 Å². The van der Waals surface area contributed by atoms with Gasteiger partial charge in [-0.1, -0.05) is 60.7 Å². The molecule has 1 heterocycles. The van der Waals surface area contributed by atoms with E-state index in [-0.39, 0.29) is 0 Å². The molecule has 1 aromatic heterocycles. The van der Waals surface area contributed by atoms with Crippen LogP contribution in [-0.4, -0.2) is 0 Å². The molecule has 3 aromatic carbocycles. The van der Waals surface area contributed by atoms with Crippen LogP contribution in [0.4, 0.5) is 0 Å². The highest BCUT2D eigenvalue weighted by atomic mass is 16.3. The predicted octanol–water partition coefficient (Wildman–Crippen LogP) is 6.94. The van der Waals surface area contributed by atoms with Gasteiger partial charge in [0.15, 0.2) is 0 Å². The average Bonchev–Trinajstić information content (AvgIpc) is 2.79. The number of hydrogen-bond donors (Lipinski definition) is 0. The van der Waals surface area contributed by atoms with Gasteiger partial charge >= 0.3 is 11.5 Å². The van der Waals surface area contributed by atoms with Gasteiger partial charge in [0.25, 0.3) is 0 Å². The molecule has 0 aliphatic heterocycles. The highest BCUT2D eigenvalue weighted by Crippen LogP contribution is 2.29. The summed E-state index contributed by atoms with van der Waals surface area (Å²) >= 11 is 0. The topological polar surface area (TPSA) is 35.1 Å². The molecule has 2 nitrogen and oxygen atoms in total. The lowest BCUT2D eigenvalue weighted by Crippen LogP contribution is -1.85. The van der Waals surface area contributed by atoms with Crippen LogP contribution in [-0.2, 0) is 0 Å². The van der Waals surface area contributed by atoms with Gasteiger partial charge in [-0.05, 0) is 41.5 Å². The maximum Gasteiger partial charge on any atom is 0.361 e. The first-order chi connectivity index (χ1) is 13.8. The van der Waals surface area contributed by atoms with E-state index in [4.69, 9.17) is 9.68 Å². The van der Waals surface area contributed by atoms with E-state index >= 15 is 0 Å². The van der Waals surface area contributed by atoms with Gasteiger partial charge in [0.2, 0.25) is 0 Å². The molecule has 0 unspecified atom stereocenters. The second-order valence-corrected chi connectivity index (χ2v) is 6.41. The summed E-state index contributed by atoms with van der Waals surface area (Å²) in [5, 5.41) is 8.93. The summed E-state index contributed by atoms with van der Waals surface area (Å²) in [5.41, 5.74) is 4.95. The van der Waals surface area contributed by atoms with E-state index < -0.39 is 0 Å². The predicted molar refractivity (Wildman–Crippen MR) is 114 cm³/mol. The molecule has 0 N–H and O–H groups in total. The first-order valence-electron chi connectivity index (χ1n) is 9.09. The maximum atomic E-state index is 8.93. The maximum absolute atomic E-state index is 8.93. The molecule has 0 aliphatic rings. The number of rotatable bonds is 4. The highest BCUT2D eigenvalue weighted by molar-refractivity contribution is 5.74. The molecule has 0 saturated heterocycles. The lowest BCUT2D eigenvalue weighted by Gasteiger charge is -2.00. The Labute approximate surface area is 164 Å². The van der Waals surface area contributed by atoms with Gasteiger partial charge in [-0.2, -0.15) is 5.26 Å². The van der Waals surface area contributed by atoms with Crippen LogP contribution in [0.15, 0.2) is 101 Å². The Hall–Kier alpha value is -3.96. The summed E-state index contributed by atoms with van der Waals surface area (Å²) in [6, 6.07) is 34.1. The van der Waals surface area contributed by atoms with Crippen molar-refractivity contribution in [2.75, 3.05) is 0 Å². The normalized spacial score (nSPS) is 10.7. The van der Waals surface area contributed by atoms with Gasteiger partial charge in [0.05, 0.1) is 29.3 Å². The monoisotopic (exact) mass is 360 g/mol. The van der Waals surface area contributed by atoms with E-state index in [1.807, 2.05) is 91.0 Å². The third kappa shape index (κ3) is 4.06. The first kappa shape index (κ1) is 17.5. The highest BCUT2D eigenvalue weighted by Gasteiger charge is 2.17. The van der Waals surface area contributed by atoms with Crippen molar-refractivity contribution in [2.45, 2.75) is 0 Å². The van der Waals surface area contributed by atoms with Crippen molar-refractivity contribution in [1.82, 2.24) is 0 Å². The molecule has 0 fully saturated rings. The van der Waals surface area contributed by atoms with E-state index in [1.54, 1.807) is 0 Å². The minimum Gasteiger partial charge on any atom is -0.207 e. The van der Waals surface area contributed by atoms with Gasteiger partial charge in [-0.15, -0.1) is 0 Å². The molecule has 132 valence electrons. The summed E-state index contributed by atoms with van der Waals surface area (Å²) in [6.45, 7) is 0. The van der Waals surface area contributed by atoms with Gasteiger partial charge in [-0.25, -0.2) is 4.42 Å². The van der Waals surface area contributed by atoms with E-state index in [2.05, 4.69) is 24.3 Å². The molecule has 0 spiro atoms. The second kappa shape index (κ2) is 8.16. The SMILES string of the molecule is N#Cc1ccc(/C=C/c2cc(-c3ccccc3)cc(-c3ccccc3)[o+]2)cc1. The molecular formula is C26H18NO+. The average molecular weight is 360 g/mol. The van der Waals surface area contributed by atoms with Crippen molar-refractivity contribution in [1.29, 1.82) is 5.26 Å². The van der Waals surface area contributed by atoms with Crippen molar-refractivity contribution in [2.24, 2.45) is 0 Å². The van der Waals surface area contributed by atoms with Crippen LogP contribution >= 0.6 is 0 Å². The lowest BCUT2D eigenvalue weighted by molar-refractivity contribution is 0.556. The minimum absolute atomic E-state index is 0.652. The standard InChI is InChI=1S/C26H18NO/c27-19-21-13-11-20(12-14-21)15-16-25-17-24(22-7-3-1-4-8-22)18-26(28-25)23-9-5-2-6-10-23/h1-18H/q+1/b16-15+. The zero-order valence-corrected chi connectivity index (χ0v) is 15.2. The lowest BCUT2D eigenvalue weighted by atomic mass is 10.0. The van der Waals surface area contributed by atoms with Crippen LogP contribution in [0.25, 0.3) is 34.6 Å². The fourth-order valence-electron chi connectivity index (χ4n) is 2.99. The Morgan fingerprint density at radius 3 is 1.93 bits per heavy atom. The van der Waals surface area contributed by atoms with Crippen LogP contribution in [0.3, 0.4) is 0 Å². The molecule has 4 aromatic rings. The zero-order valence-electron chi connectivity index (χ0n) is 15.2. The third-order valence-electron chi connectivity index (χ3n) is 4.46. The number of benzene rings is 3. The van der Waals surface area contributed by atoms with Crippen molar-refractivity contribution >= 4 is 12.2 Å². The quantitative estimate of drug-likeness (QED) is 0.370. The molecule has 28 heavy (non-hydrogen) atoms. The molecule has 0 amide bonds. The summed E-state index contributed by atoms with van der Waals surface area (Å²) in [7, 11) is 0. The van der Waals surface area contributed by atoms with Gasteiger partial charge in [-0.3, -0.25) is 0 Å². The number of hydrogen-bond acceptors (Lipinski definition) is 1. The molecule has 0 aliphatic carbocycles. The van der Waals surface area contributed by atoms with Crippen molar-refractivity contribution < 1.29 is 4.42 Å². The van der Waals surface area contributed by atoms with E-state index in [1.165, 1.54) is 0 Å². The van der Waals surface area contributed by atoms with Crippen molar-refractivity contribution in [3.8, 4) is 28.5 Å². The largest absolute Gasteiger partial charge is 0.361 e. The molecule has 2 heteroatoms. The summed E-state index contributed by atoms with van der Waals surface area (Å²) in [6.07, 6.45) is 3.95. The zero-order chi connectivity index (χ0) is 19.2. The van der Waals surface area contributed by atoms with Crippen LogP contribution in [0.2, 0.25) is 0 Å². The number of nitrogens with zero attached hydrogens (tertiary/aromatic N) is 1. The molecule has 0 atom stereocenters. The smallest absolute Gasteiger partial charge is 0.207 e. The summed E-state index contributed by atoms with van der Waals surface area (Å²) in [5.74, 6) is 1.59. The van der Waals surface area contributed by atoms with Crippen LogP contribution in [0.1, 0.15) is 16.9 Å². The van der Waals surface area contributed by atoms with Gasteiger partial charge in [0.1, 0.15) is 0 Å². The number of nitriles is 1. The molecule has 0 radical (unpaired) electrons. The summed E-state index contributed by atoms with van der Waals surface area (Å²) < 4.78 is 6.15. The molecule has 0 saturated carbocycles. The Morgan fingerprint density at radius 2 is 1.29 bits per heavy atom.